The van der Waals surface area contributed by atoms with Crippen molar-refractivity contribution in [2.75, 3.05) is 0 Å². The van der Waals surface area contributed by atoms with Gasteiger partial charge < -0.3 is 4.80 Å². The quantitative estimate of drug-likeness (QED) is 0.637. The Labute approximate surface area is 58.9 Å². The fourth-order valence-electron chi connectivity index (χ4n) is 0.372. The van der Waals surface area contributed by atoms with Gasteiger partial charge in [0, 0.05) is 6.42 Å². The SMILES string of the molecule is C=C[Si](O)CCC(F)(F)F. The highest BCUT2D eigenvalue weighted by Crippen LogP contribution is 2.22. The molecule has 0 unspecified atom stereocenters. The zero-order valence-corrected chi connectivity index (χ0v) is 6.28. The predicted octanol–water partition coefficient (Wildman–Crippen LogP) is 1.65. The Morgan fingerprint density at radius 2 is 2.00 bits per heavy atom. The molecule has 0 atom stereocenters. The van der Waals surface area contributed by atoms with Crippen molar-refractivity contribution in [3.63, 3.8) is 0 Å². The Kier molecular flexibility index (Phi) is 3.66. The fourth-order valence-corrected chi connectivity index (χ4v) is 1.12. The van der Waals surface area contributed by atoms with Crippen molar-refractivity contribution < 1.29 is 18.0 Å². The van der Waals surface area contributed by atoms with Gasteiger partial charge in [-0.05, 0) is 6.04 Å². The Bertz CT molecular complexity index is 112. The topological polar surface area (TPSA) is 20.2 Å². The van der Waals surface area contributed by atoms with Crippen LogP contribution >= 0.6 is 0 Å². The average Bonchev–Trinajstić information content (AvgIpc) is 1.81. The summed E-state index contributed by atoms with van der Waals surface area (Å²) in [4.78, 5) is 8.71. The van der Waals surface area contributed by atoms with Gasteiger partial charge in [-0.2, -0.15) is 13.2 Å². The van der Waals surface area contributed by atoms with Crippen LogP contribution in [0, 0.1) is 0 Å². The first-order valence-electron chi connectivity index (χ1n) is 2.69. The molecule has 0 aliphatic rings. The molecule has 0 aromatic carbocycles. The summed E-state index contributed by atoms with van der Waals surface area (Å²) in [5, 5.41) is 0. The van der Waals surface area contributed by atoms with Crippen LogP contribution in [0.3, 0.4) is 0 Å². The molecule has 0 amide bonds. The number of alkyl halides is 3. The first-order valence-corrected chi connectivity index (χ1v) is 4.43. The van der Waals surface area contributed by atoms with Crippen LogP contribution in [0.2, 0.25) is 6.04 Å². The Balaban J connectivity index is 3.45. The Morgan fingerprint density at radius 1 is 1.50 bits per heavy atom. The lowest BCUT2D eigenvalue weighted by Crippen LogP contribution is -2.14. The third-order valence-corrected chi connectivity index (χ3v) is 2.13. The van der Waals surface area contributed by atoms with Gasteiger partial charge in [-0.3, -0.25) is 0 Å². The molecule has 1 radical (unpaired) electrons. The Morgan fingerprint density at radius 3 is 2.30 bits per heavy atom. The minimum atomic E-state index is -4.15. The van der Waals surface area contributed by atoms with Gasteiger partial charge in [0.15, 0.2) is 0 Å². The number of rotatable bonds is 3. The molecule has 1 nitrogen and oxygen atoms in total. The molecule has 1 N–H and O–H groups in total. The summed E-state index contributed by atoms with van der Waals surface area (Å²) >= 11 is 0. The number of halogens is 3. The van der Waals surface area contributed by atoms with Gasteiger partial charge in [0.25, 0.3) is 0 Å². The van der Waals surface area contributed by atoms with E-state index < -0.39 is 21.6 Å². The number of hydrogen-bond donors (Lipinski definition) is 1. The van der Waals surface area contributed by atoms with Crippen molar-refractivity contribution in [1.29, 1.82) is 0 Å². The molecule has 0 aliphatic carbocycles. The second-order valence-electron chi connectivity index (χ2n) is 1.81. The highest BCUT2D eigenvalue weighted by Gasteiger charge is 2.27. The van der Waals surface area contributed by atoms with E-state index in [4.69, 9.17) is 4.80 Å². The minimum absolute atomic E-state index is 0.197. The van der Waals surface area contributed by atoms with Crippen LogP contribution in [0.4, 0.5) is 13.2 Å². The third-order valence-electron chi connectivity index (χ3n) is 0.900. The molecule has 0 aromatic rings. The van der Waals surface area contributed by atoms with E-state index in [0.29, 0.717) is 0 Å². The van der Waals surface area contributed by atoms with Gasteiger partial charge in [-0.1, -0.05) is 5.70 Å². The van der Waals surface area contributed by atoms with Crippen LogP contribution in [0.15, 0.2) is 12.3 Å². The van der Waals surface area contributed by atoms with E-state index in [9.17, 15) is 13.2 Å². The zero-order chi connectivity index (χ0) is 8.20. The fraction of sp³-hybridized carbons (Fsp3) is 0.600. The summed E-state index contributed by atoms with van der Waals surface area (Å²) in [6.07, 6.45) is -5.06. The third kappa shape index (κ3) is 5.84. The molecule has 0 rings (SSSR count). The molecule has 0 heterocycles. The molecule has 5 heteroatoms. The van der Waals surface area contributed by atoms with Gasteiger partial charge in [-0.25, -0.2) is 0 Å². The molecule has 0 aromatic heterocycles. The maximum atomic E-state index is 11.4. The summed E-state index contributed by atoms with van der Waals surface area (Å²) in [5.41, 5.74) is 1.19. The normalized spacial score (nSPS) is 12.1. The van der Waals surface area contributed by atoms with Crippen molar-refractivity contribution in [2.24, 2.45) is 0 Å². The minimum Gasteiger partial charge on any atom is -0.428 e. The highest BCUT2D eigenvalue weighted by atomic mass is 28.3. The second-order valence-corrected chi connectivity index (χ2v) is 3.70. The molecular formula is C5H8F3OSi. The van der Waals surface area contributed by atoms with Crippen LogP contribution in [-0.2, 0) is 0 Å². The van der Waals surface area contributed by atoms with Crippen LogP contribution in [0.25, 0.3) is 0 Å². The first-order chi connectivity index (χ1) is 4.45. The standard InChI is InChI=1S/C5H8F3OSi/c1-2-10(9)4-3-5(6,7)8/h2,9H,1,3-4H2. The average molecular weight is 169 g/mol. The van der Waals surface area contributed by atoms with E-state index in [0.717, 1.165) is 0 Å². The molecule has 0 saturated carbocycles. The van der Waals surface area contributed by atoms with E-state index in [1.807, 2.05) is 0 Å². The summed E-state index contributed by atoms with van der Waals surface area (Å²) in [6.45, 7) is 3.19. The van der Waals surface area contributed by atoms with Crippen molar-refractivity contribution >= 4 is 9.04 Å². The zero-order valence-electron chi connectivity index (χ0n) is 5.28. The second kappa shape index (κ2) is 3.77. The largest absolute Gasteiger partial charge is 0.428 e. The van der Waals surface area contributed by atoms with E-state index in [1.165, 1.54) is 5.70 Å². The Hall–Kier alpha value is -0.293. The van der Waals surface area contributed by atoms with Gasteiger partial charge in [0.2, 0.25) is 9.04 Å². The summed E-state index contributed by atoms with van der Waals surface area (Å²) < 4.78 is 34.3. The van der Waals surface area contributed by atoms with Gasteiger partial charge in [0.05, 0.1) is 0 Å². The highest BCUT2D eigenvalue weighted by molar-refractivity contribution is 6.56. The summed E-state index contributed by atoms with van der Waals surface area (Å²) in [5.74, 6) is 0. The van der Waals surface area contributed by atoms with Crippen LogP contribution in [0.5, 0.6) is 0 Å². The maximum Gasteiger partial charge on any atom is 0.388 e. The smallest absolute Gasteiger partial charge is 0.388 e. The van der Waals surface area contributed by atoms with Crippen molar-refractivity contribution in [3.8, 4) is 0 Å². The molecule has 0 aliphatic heterocycles. The lowest BCUT2D eigenvalue weighted by atomic mass is 10.5. The van der Waals surface area contributed by atoms with Gasteiger partial charge >= 0.3 is 6.18 Å². The molecule has 0 bridgehead atoms. The molecule has 0 saturated heterocycles. The van der Waals surface area contributed by atoms with Crippen LogP contribution in [-0.4, -0.2) is 20.0 Å². The summed E-state index contributed by atoms with van der Waals surface area (Å²) in [7, 11) is -1.92. The van der Waals surface area contributed by atoms with Gasteiger partial charge in [-0.15, -0.1) is 6.58 Å². The van der Waals surface area contributed by atoms with E-state index >= 15 is 0 Å². The lowest BCUT2D eigenvalue weighted by molar-refractivity contribution is -0.130. The van der Waals surface area contributed by atoms with Crippen LogP contribution < -0.4 is 0 Å². The molecule has 0 fully saturated rings. The van der Waals surface area contributed by atoms with Crippen LogP contribution in [0.1, 0.15) is 6.42 Å². The van der Waals surface area contributed by atoms with E-state index in [1.54, 1.807) is 0 Å². The van der Waals surface area contributed by atoms with E-state index in [2.05, 4.69) is 6.58 Å². The molecule has 59 valence electrons. The molecular weight excluding hydrogens is 161 g/mol. The maximum absolute atomic E-state index is 11.4. The van der Waals surface area contributed by atoms with Crippen molar-refractivity contribution in [3.05, 3.63) is 12.3 Å². The predicted molar refractivity (Wildman–Crippen MR) is 33.6 cm³/mol. The van der Waals surface area contributed by atoms with E-state index in [-0.39, 0.29) is 6.04 Å². The molecule has 0 spiro atoms. The lowest BCUT2D eigenvalue weighted by Gasteiger charge is -2.05. The van der Waals surface area contributed by atoms with Gasteiger partial charge in [0.1, 0.15) is 0 Å². The monoisotopic (exact) mass is 169 g/mol. The number of hydrogen-bond acceptors (Lipinski definition) is 1. The van der Waals surface area contributed by atoms with Crippen molar-refractivity contribution in [1.82, 2.24) is 0 Å². The van der Waals surface area contributed by atoms with Crippen molar-refractivity contribution in [2.45, 2.75) is 18.6 Å². The summed E-state index contributed by atoms with van der Waals surface area (Å²) in [6, 6.07) is -0.197. The first kappa shape index (κ1) is 9.71. The molecule has 10 heavy (non-hydrogen) atoms.